The monoisotopic (exact) mass is 245 g/mol. The van der Waals surface area contributed by atoms with E-state index < -0.39 is 0 Å². The normalized spacial score (nSPS) is 18.3. The van der Waals surface area contributed by atoms with Crippen molar-refractivity contribution >= 4 is 17.3 Å². The Morgan fingerprint density at radius 2 is 2.22 bits per heavy atom. The lowest BCUT2D eigenvalue weighted by Crippen LogP contribution is -2.23. The van der Waals surface area contributed by atoms with Crippen LogP contribution >= 0.6 is 0 Å². The summed E-state index contributed by atoms with van der Waals surface area (Å²) in [7, 11) is 0. The molecule has 0 saturated heterocycles. The van der Waals surface area contributed by atoms with Gasteiger partial charge in [-0.1, -0.05) is 19.8 Å². The molecule has 0 amide bonds. The van der Waals surface area contributed by atoms with Gasteiger partial charge in [-0.15, -0.1) is 0 Å². The van der Waals surface area contributed by atoms with Crippen molar-refractivity contribution in [2.24, 2.45) is 5.41 Å². The second kappa shape index (κ2) is 4.15. The third-order valence-corrected chi connectivity index (χ3v) is 3.89. The van der Waals surface area contributed by atoms with Crippen LogP contribution in [0, 0.1) is 5.41 Å². The average molecular weight is 245 g/mol. The second-order valence-corrected chi connectivity index (χ2v) is 5.54. The number of rotatable bonds is 3. The molecule has 2 aromatic rings. The third-order valence-electron chi connectivity index (χ3n) is 3.89. The van der Waals surface area contributed by atoms with E-state index in [9.17, 15) is 0 Å². The highest BCUT2D eigenvalue weighted by Gasteiger charge is 2.28. The fraction of sp³-hybridized carbons (Fsp3) is 0.538. The summed E-state index contributed by atoms with van der Waals surface area (Å²) in [5.74, 6) is 1.30. The first-order valence-corrected chi connectivity index (χ1v) is 6.49. The van der Waals surface area contributed by atoms with Crippen molar-refractivity contribution in [3.63, 3.8) is 0 Å². The van der Waals surface area contributed by atoms with Gasteiger partial charge in [-0.3, -0.25) is 0 Å². The Bertz CT molecular complexity index is 554. The zero-order valence-electron chi connectivity index (χ0n) is 10.7. The van der Waals surface area contributed by atoms with E-state index in [1.165, 1.54) is 25.7 Å². The Hall–Kier alpha value is -1.78. The molecule has 1 fully saturated rings. The van der Waals surface area contributed by atoms with Crippen LogP contribution in [0.2, 0.25) is 0 Å². The molecule has 96 valence electrons. The summed E-state index contributed by atoms with van der Waals surface area (Å²) in [6.07, 6.45) is 10.7. The van der Waals surface area contributed by atoms with Crippen LogP contribution in [0.5, 0.6) is 0 Å². The van der Waals surface area contributed by atoms with Crippen LogP contribution in [-0.4, -0.2) is 20.9 Å². The van der Waals surface area contributed by atoms with Gasteiger partial charge >= 0.3 is 0 Å². The van der Waals surface area contributed by atoms with E-state index in [1.807, 2.05) is 10.6 Å². The van der Waals surface area contributed by atoms with E-state index in [2.05, 4.69) is 22.2 Å². The Morgan fingerprint density at radius 1 is 1.44 bits per heavy atom. The van der Waals surface area contributed by atoms with Crippen LogP contribution in [0.4, 0.5) is 11.6 Å². The molecule has 5 heteroatoms. The number of aromatic nitrogens is 3. The van der Waals surface area contributed by atoms with Gasteiger partial charge < -0.3 is 15.5 Å². The van der Waals surface area contributed by atoms with Gasteiger partial charge in [0.2, 0.25) is 0 Å². The van der Waals surface area contributed by atoms with Crippen LogP contribution in [0.25, 0.3) is 5.65 Å². The SMILES string of the molecule is CC1(CNc2nc(N)cn3ccnc23)CCCC1. The molecule has 1 aliphatic rings. The van der Waals surface area contributed by atoms with Crippen molar-refractivity contribution in [2.75, 3.05) is 17.6 Å². The van der Waals surface area contributed by atoms with Gasteiger partial charge in [0.1, 0.15) is 5.82 Å². The number of nitrogens with two attached hydrogens (primary N) is 1. The van der Waals surface area contributed by atoms with E-state index in [0.29, 0.717) is 11.2 Å². The molecule has 2 aromatic heterocycles. The molecule has 0 spiro atoms. The summed E-state index contributed by atoms with van der Waals surface area (Å²) in [5, 5.41) is 3.42. The summed E-state index contributed by atoms with van der Waals surface area (Å²) in [6.45, 7) is 3.27. The van der Waals surface area contributed by atoms with Crippen molar-refractivity contribution < 1.29 is 0 Å². The third kappa shape index (κ3) is 2.00. The fourth-order valence-corrected chi connectivity index (χ4v) is 2.77. The number of nitrogen functional groups attached to an aromatic ring is 1. The molecular weight excluding hydrogens is 226 g/mol. The maximum atomic E-state index is 5.80. The number of imidazole rings is 1. The molecule has 0 unspecified atom stereocenters. The highest BCUT2D eigenvalue weighted by molar-refractivity contribution is 5.64. The lowest BCUT2D eigenvalue weighted by molar-refractivity contribution is 0.361. The minimum Gasteiger partial charge on any atom is -0.382 e. The standard InChI is InChI=1S/C13H19N5/c1-13(4-2-3-5-13)9-16-11-12-15-6-7-18(12)8-10(14)17-11/h6-8H,2-5,9,14H2,1H3,(H,16,17). The molecule has 5 nitrogen and oxygen atoms in total. The van der Waals surface area contributed by atoms with Crippen LogP contribution < -0.4 is 11.1 Å². The smallest absolute Gasteiger partial charge is 0.180 e. The number of nitrogens with zero attached hydrogens (tertiary/aromatic N) is 3. The Morgan fingerprint density at radius 3 is 3.00 bits per heavy atom. The zero-order chi connectivity index (χ0) is 12.6. The molecule has 1 saturated carbocycles. The van der Waals surface area contributed by atoms with Crippen LogP contribution in [-0.2, 0) is 0 Å². The van der Waals surface area contributed by atoms with E-state index in [1.54, 1.807) is 12.4 Å². The van der Waals surface area contributed by atoms with Crippen molar-refractivity contribution in [1.29, 1.82) is 0 Å². The quantitative estimate of drug-likeness (QED) is 0.870. The molecule has 18 heavy (non-hydrogen) atoms. The lowest BCUT2D eigenvalue weighted by atomic mass is 9.89. The number of nitrogens with one attached hydrogen (secondary N) is 1. The van der Waals surface area contributed by atoms with Gasteiger partial charge in [-0.2, -0.15) is 0 Å². The van der Waals surface area contributed by atoms with Gasteiger partial charge in [0.15, 0.2) is 11.5 Å². The molecule has 3 rings (SSSR count). The van der Waals surface area contributed by atoms with Gasteiger partial charge in [-0.25, -0.2) is 9.97 Å². The highest BCUT2D eigenvalue weighted by Crippen LogP contribution is 2.37. The van der Waals surface area contributed by atoms with Crippen molar-refractivity contribution in [2.45, 2.75) is 32.6 Å². The maximum absolute atomic E-state index is 5.80. The van der Waals surface area contributed by atoms with E-state index in [4.69, 9.17) is 5.73 Å². The Labute approximate surface area is 106 Å². The average Bonchev–Trinajstić information content (AvgIpc) is 2.95. The minimum atomic E-state index is 0.385. The summed E-state index contributed by atoms with van der Waals surface area (Å²) in [4.78, 5) is 8.66. The molecule has 0 aliphatic heterocycles. The van der Waals surface area contributed by atoms with Gasteiger partial charge in [0.25, 0.3) is 0 Å². The van der Waals surface area contributed by atoms with E-state index in [0.717, 1.165) is 18.0 Å². The van der Waals surface area contributed by atoms with Crippen LogP contribution in [0.1, 0.15) is 32.6 Å². The number of anilines is 2. The molecule has 0 atom stereocenters. The van der Waals surface area contributed by atoms with Gasteiger partial charge in [0, 0.05) is 18.9 Å². The largest absolute Gasteiger partial charge is 0.382 e. The summed E-state index contributed by atoms with van der Waals surface area (Å²) >= 11 is 0. The molecular formula is C13H19N5. The predicted octanol–water partition coefficient (Wildman–Crippen LogP) is 2.30. The molecule has 2 heterocycles. The zero-order valence-corrected chi connectivity index (χ0v) is 10.7. The molecule has 0 aromatic carbocycles. The van der Waals surface area contributed by atoms with E-state index >= 15 is 0 Å². The molecule has 0 radical (unpaired) electrons. The lowest BCUT2D eigenvalue weighted by Gasteiger charge is -2.24. The summed E-state index contributed by atoms with van der Waals surface area (Å²) in [6, 6.07) is 0. The molecule has 1 aliphatic carbocycles. The predicted molar refractivity (Wildman–Crippen MR) is 72.5 cm³/mol. The van der Waals surface area contributed by atoms with Gasteiger partial charge in [0.05, 0.1) is 6.20 Å². The Kier molecular flexibility index (Phi) is 2.61. The van der Waals surface area contributed by atoms with Gasteiger partial charge in [-0.05, 0) is 18.3 Å². The molecule has 3 N–H and O–H groups in total. The topological polar surface area (TPSA) is 68.2 Å². The van der Waals surface area contributed by atoms with Crippen molar-refractivity contribution in [1.82, 2.24) is 14.4 Å². The highest BCUT2D eigenvalue weighted by atomic mass is 15.1. The van der Waals surface area contributed by atoms with Crippen molar-refractivity contribution in [3.05, 3.63) is 18.6 Å². The maximum Gasteiger partial charge on any atom is 0.180 e. The summed E-state index contributed by atoms with van der Waals surface area (Å²) < 4.78 is 1.90. The minimum absolute atomic E-state index is 0.385. The first kappa shape index (κ1) is 11.3. The number of hydrogen-bond donors (Lipinski definition) is 2. The Balaban J connectivity index is 1.83. The van der Waals surface area contributed by atoms with Crippen molar-refractivity contribution in [3.8, 4) is 0 Å². The van der Waals surface area contributed by atoms with Crippen LogP contribution in [0.15, 0.2) is 18.6 Å². The first-order valence-electron chi connectivity index (χ1n) is 6.49. The van der Waals surface area contributed by atoms with Crippen LogP contribution in [0.3, 0.4) is 0 Å². The molecule has 0 bridgehead atoms. The van der Waals surface area contributed by atoms with E-state index in [-0.39, 0.29) is 0 Å². The fourth-order valence-electron chi connectivity index (χ4n) is 2.77. The number of fused-ring (bicyclic) bond motifs is 1. The number of hydrogen-bond acceptors (Lipinski definition) is 4. The first-order chi connectivity index (χ1) is 8.66. The second-order valence-electron chi connectivity index (χ2n) is 5.54. The summed E-state index contributed by atoms with van der Waals surface area (Å²) in [5.41, 5.74) is 7.02.